The van der Waals surface area contributed by atoms with Crippen molar-refractivity contribution < 1.29 is 23.9 Å². The van der Waals surface area contributed by atoms with Crippen molar-refractivity contribution in [2.24, 2.45) is 0 Å². The van der Waals surface area contributed by atoms with Crippen molar-refractivity contribution in [3.8, 4) is 0 Å². The third-order valence-electron chi connectivity index (χ3n) is 8.23. The number of nitrogens with one attached hydrogen (secondary N) is 3. The molecule has 3 atom stereocenters. The quantitative estimate of drug-likeness (QED) is 0.367. The van der Waals surface area contributed by atoms with Crippen LogP contribution in [0.2, 0.25) is 0 Å². The first kappa shape index (κ1) is 33.7. The first-order valence-electron chi connectivity index (χ1n) is 15.9. The molecule has 2 aliphatic heterocycles. The number of ether oxygens (including phenoxy) is 1. The van der Waals surface area contributed by atoms with Gasteiger partial charge in [0.1, 0.15) is 23.2 Å². The normalized spacial score (nSPS) is 18.2. The van der Waals surface area contributed by atoms with Crippen molar-refractivity contribution in [3.63, 3.8) is 0 Å². The Balaban J connectivity index is 1.50. The van der Waals surface area contributed by atoms with Gasteiger partial charge < -0.3 is 30.5 Å². The summed E-state index contributed by atoms with van der Waals surface area (Å²) in [6, 6.07) is 9.50. The van der Waals surface area contributed by atoms with Gasteiger partial charge in [0.2, 0.25) is 17.7 Å². The number of pyridine rings is 1. The van der Waals surface area contributed by atoms with Gasteiger partial charge in [-0.1, -0.05) is 30.3 Å². The van der Waals surface area contributed by atoms with Gasteiger partial charge >= 0.3 is 6.09 Å². The number of aromatic nitrogens is 1. The van der Waals surface area contributed by atoms with E-state index in [9.17, 15) is 19.2 Å². The molecule has 0 spiro atoms. The van der Waals surface area contributed by atoms with Crippen LogP contribution in [0.5, 0.6) is 0 Å². The Morgan fingerprint density at radius 1 is 0.956 bits per heavy atom. The zero-order valence-electron chi connectivity index (χ0n) is 27.4. The van der Waals surface area contributed by atoms with Crippen molar-refractivity contribution in [2.75, 3.05) is 24.5 Å². The number of hydrogen-bond donors (Lipinski definition) is 3. The Labute approximate surface area is 266 Å². The van der Waals surface area contributed by atoms with Gasteiger partial charge in [0, 0.05) is 44.1 Å². The summed E-state index contributed by atoms with van der Waals surface area (Å²) >= 11 is 0. The van der Waals surface area contributed by atoms with E-state index in [1.54, 1.807) is 47.0 Å². The number of carbonyl (C=O) groups excluding carboxylic acids is 4. The minimum atomic E-state index is -1.23. The fourth-order valence-corrected chi connectivity index (χ4v) is 5.87. The molecule has 45 heavy (non-hydrogen) atoms. The van der Waals surface area contributed by atoms with Crippen LogP contribution in [0, 0.1) is 0 Å². The molecule has 4 amide bonds. The van der Waals surface area contributed by atoms with Gasteiger partial charge in [-0.2, -0.15) is 0 Å². The molecule has 0 aliphatic carbocycles. The van der Waals surface area contributed by atoms with E-state index < -0.39 is 35.2 Å². The zero-order valence-corrected chi connectivity index (χ0v) is 27.4. The topological polar surface area (TPSA) is 133 Å². The second-order valence-electron chi connectivity index (χ2n) is 13.5. The minimum absolute atomic E-state index is 0.188. The third-order valence-corrected chi connectivity index (χ3v) is 8.23. The predicted octanol–water partition coefficient (Wildman–Crippen LogP) is 3.88. The lowest BCUT2D eigenvalue weighted by atomic mass is 10.0. The van der Waals surface area contributed by atoms with E-state index in [1.807, 2.05) is 43.3 Å². The lowest BCUT2D eigenvalue weighted by molar-refractivity contribution is -0.141. The number of hydrogen-bond acceptors (Lipinski definition) is 7. The SMILES string of the molecule is C[C@H](NC(=O)C(C)(C)NC(=O)[C@@H]1CCCN1C(=O)[C@H](Cc1cnccc1N1CCCC1)NC(=O)OC(C)(C)C)c1ccccc1. The molecule has 2 fully saturated rings. The summed E-state index contributed by atoms with van der Waals surface area (Å²) in [4.78, 5) is 62.1. The highest BCUT2D eigenvalue weighted by Gasteiger charge is 2.41. The summed E-state index contributed by atoms with van der Waals surface area (Å²) < 4.78 is 5.51. The van der Waals surface area contributed by atoms with Gasteiger partial charge in [0.15, 0.2) is 0 Å². The Kier molecular flexibility index (Phi) is 10.7. The molecule has 2 saturated heterocycles. The van der Waals surface area contributed by atoms with E-state index in [0.717, 1.165) is 42.7 Å². The van der Waals surface area contributed by atoms with Crippen molar-refractivity contribution in [2.45, 2.75) is 103 Å². The molecule has 2 aliphatic rings. The van der Waals surface area contributed by atoms with Gasteiger partial charge in [-0.3, -0.25) is 19.4 Å². The monoisotopic (exact) mass is 620 g/mol. The summed E-state index contributed by atoms with van der Waals surface area (Å²) in [6.45, 7) is 12.6. The largest absolute Gasteiger partial charge is 0.444 e. The van der Waals surface area contributed by atoms with Crippen LogP contribution in [0.1, 0.15) is 84.4 Å². The number of anilines is 1. The Morgan fingerprint density at radius 2 is 1.64 bits per heavy atom. The fourth-order valence-electron chi connectivity index (χ4n) is 5.87. The molecule has 0 bridgehead atoms. The second kappa shape index (κ2) is 14.3. The summed E-state index contributed by atoms with van der Waals surface area (Å²) in [5.74, 6) is -1.13. The van der Waals surface area contributed by atoms with E-state index in [0.29, 0.717) is 19.4 Å². The van der Waals surface area contributed by atoms with E-state index in [-0.39, 0.29) is 24.3 Å². The van der Waals surface area contributed by atoms with Crippen molar-refractivity contribution in [1.29, 1.82) is 0 Å². The Hall–Kier alpha value is -4.15. The summed E-state index contributed by atoms with van der Waals surface area (Å²) in [7, 11) is 0. The fraction of sp³-hybridized carbons (Fsp3) is 0.559. The third kappa shape index (κ3) is 8.95. The molecular formula is C34H48N6O5. The molecule has 11 heteroatoms. The maximum Gasteiger partial charge on any atom is 0.408 e. The van der Waals surface area contributed by atoms with Crippen LogP contribution in [0.25, 0.3) is 0 Å². The number of amides is 4. The molecule has 11 nitrogen and oxygen atoms in total. The molecule has 1 aromatic carbocycles. The molecule has 244 valence electrons. The average molecular weight is 621 g/mol. The number of rotatable bonds is 10. The summed E-state index contributed by atoms with van der Waals surface area (Å²) in [6.07, 6.45) is 6.18. The number of nitrogens with zero attached hydrogens (tertiary/aromatic N) is 3. The average Bonchev–Trinajstić information content (AvgIpc) is 3.69. The van der Waals surface area contributed by atoms with Crippen LogP contribution in [0.3, 0.4) is 0 Å². The van der Waals surface area contributed by atoms with E-state index in [1.165, 1.54) is 4.90 Å². The number of benzene rings is 1. The molecule has 0 radical (unpaired) electrons. The smallest absolute Gasteiger partial charge is 0.408 e. The highest BCUT2D eigenvalue weighted by molar-refractivity contribution is 5.96. The van der Waals surface area contributed by atoms with Gasteiger partial charge in [0.05, 0.1) is 6.04 Å². The van der Waals surface area contributed by atoms with Crippen LogP contribution in [0.15, 0.2) is 48.8 Å². The van der Waals surface area contributed by atoms with E-state index in [4.69, 9.17) is 4.74 Å². The number of alkyl carbamates (subject to hydrolysis) is 1. The standard InChI is InChI=1S/C34H48N6O5/c1-23(24-13-8-7-9-14-24)36-31(43)34(5,6)38-29(41)28-15-12-20-40(28)30(42)26(37-32(44)45-33(2,3)4)21-25-22-35-17-16-27(25)39-18-10-11-19-39/h7-9,13-14,16-17,22-23,26,28H,10-12,15,18-21H2,1-6H3,(H,36,43)(H,37,44)(H,38,41)/t23-,26-,28-/m0/s1. The van der Waals surface area contributed by atoms with Crippen LogP contribution in [-0.4, -0.2) is 76.6 Å². The lowest BCUT2D eigenvalue weighted by Gasteiger charge is -2.33. The molecule has 3 N–H and O–H groups in total. The minimum Gasteiger partial charge on any atom is -0.444 e. The summed E-state index contributed by atoms with van der Waals surface area (Å²) in [5.41, 5.74) is 0.781. The van der Waals surface area contributed by atoms with Gasteiger partial charge in [0.25, 0.3) is 0 Å². The molecule has 1 aromatic heterocycles. The second-order valence-corrected chi connectivity index (χ2v) is 13.5. The molecule has 4 rings (SSSR count). The molecule has 0 unspecified atom stereocenters. The van der Waals surface area contributed by atoms with Gasteiger partial charge in [-0.05, 0) is 84.4 Å². The maximum absolute atomic E-state index is 14.2. The van der Waals surface area contributed by atoms with Crippen molar-refractivity contribution >= 4 is 29.5 Å². The van der Waals surface area contributed by atoms with Crippen molar-refractivity contribution in [1.82, 2.24) is 25.8 Å². The Bertz CT molecular complexity index is 1350. The van der Waals surface area contributed by atoms with Crippen LogP contribution < -0.4 is 20.9 Å². The first-order valence-corrected chi connectivity index (χ1v) is 15.9. The van der Waals surface area contributed by atoms with Gasteiger partial charge in [-0.15, -0.1) is 0 Å². The van der Waals surface area contributed by atoms with Crippen LogP contribution in [-0.2, 0) is 25.5 Å². The van der Waals surface area contributed by atoms with E-state index in [2.05, 4.69) is 25.8 Å². The highest BCUT2D eigenvalue weighted by Crippen LogP contribution is 2.27. The van der Waals surface area contributed by atoms with Crippen molar-refractivity contribution in [3.05, 3.63) is 59.9 Å². The summed E-state index contributed by atoms with van der Waals surface area (Å²) in [5, 5.41) is 8.63. The molecule has 3 heterocycles. The first-order chi connectivity index (χ1) is 21.2. The predicted molar refractivity (Wildman–Crippen MR) is 173 cm³/mol. The molecule has 2 aromatic rings. The number of likely N-dealkylation sites (tertiary alicyclic amines) is 1. The van der Waals surface area contributed by atoms with E-state index >= 15 is 0 Å². The molecule has 0 saturated carbocycles. The number of carbonyl (C=O) groups is 4. The zero-order chi connectivity index (χ0) is 32.8. The van der Waals surface area contributed by atoms with Crippen LogP contribution >= 0.6 is 0 Å². The lowest BCUT2D eigenvalue weighted by Crippen LogP contribution is -2.60. The van der Waals surface area contributed by atoms with Crippen LogP contribution in [0.4, 0.5) is 10.5 Å². The maximum atomic E-state index is 14.2. The Morgan fingerprint density at radius 3 is 2.31 bits per heavy atom. The molecular weight excluding hydrogens is 572 g/mol. The highest BCUT2D eigenvalue weighted by atomic mass is 16.6. The van der Waals surface area contributed by atoms with Gasteiger partial charge in [-0.25, -0.2) is 4.79 Å².